The number of rotatable bonds is 4. The van der Waals surface area contributed by atoms with Crippen LogP contribution in [-0.2, 0) is 22.4 Å². The molecule has 1 aromatic carbocycles. The molecular formula is C14H19NO2. The van der Waals surface area contributed by atoms with Gasteiger partial charge in [0.25, 0.3) is 0 Å². The Balaban J connectivity index is 2.25. The lowest BCUT2D eigenvalue weighted by Crippen LogP contribution is -2.53. The monoisotopic (exact) mass is 233 g/mol. The number of carbonyl (C=O) groups excluding carboxylic acids is 1. The zero-order chi connectivity index (χ0) is 12.3. The number of carbonyl (C=O) groups is 1. The summed E-state index contributed by atoms with van der Waals surface area (Å²) in [4.78, 5) is 12.1. The molecule has 0 unspecified atom stereocenters. The maximum atomic E-state index is 12.1. The molecule has 2 rings (SSSR count). The summed E-state index contributed by atoms with van der Waals surface area (Å²) in [6.45, 7) is 5.07. The van der Waals surface area contributed by atoms with Gasteiger partial charge >= 0.3 is 5.97 Å². The lowest BCUT2D eigenvalue weighted by atomic mass is 9.96. The molecule has 1 aliphatic rings. The van der Waals surface area contributed by atoms with Crippen molar-refractivity contribution in [2.24, 2.45) is 0 Å². The molecule has 17 heavy (non-hydrogen) atoms. The molecule has 1 aliphatic carbocycles. The zero-order valence-corrected chi connectivity index (χ0v) is 10.5. The van der Waals surface area contributed by atoms with E-state index >= 15 is 0 Å². The molecule has 3 nitrogen and oxygen atoms in total. The lowest BCUT2D eigenvalue weighted by molar-refractivity contribution is -0.150. The van der Waals surface area contributed by atoms with Crippen LogP contribution in [-0.4, -0.2) is 24.7 Å². The van der Waals surface area contributed by atoms with E-state index in [2.05, 4.69) is 17.4 Å². The van der Waals surface area contributed by atoms with Gasteiger partial charge in [0.1, 0.15) is 5.54 Å². The van der Waals surface area contributed by atoms with Crippen molar-refractivity contribution < 1.29 is 9.53 Å². The van der Waals surface area contributed by atoms with E-state index in [9.17, 15) is 4.79 Å². The Hall–Kier alpha value is -1.35. The highest BCUT2D eigenvalue weighted by Crippen LogP contribution is 2.31. The fraction of sp³-hybridized carbons (Fsp3) is 0.500. The number of likely N-dealkylation sites (N-methyl/N-ethyl adjacent to an activating group) is 1. The second kappa shape index (κ2) is 4.88. The predicted octanol–water partition coefficient (Wildman–Crippen LogP) is 1.70. The molecule has 0 atom stereocenters. The minimum atomic E-state index is -0.547. The van der Waals surface area contributed by atoms with Crippen LogP contribution in [0.3, 0.4) is 0 Å². The summed E-state index contributed by atoms with van der Waals surface area (Å²) in [6, 6.07) is 8.22. The van der Waals surface area contributed by atoms with Gasteiger partial charge < -0.3 is 10.1 Å². The number of nitrogens with one attached hydrogen (secondary N) is 1. The van der Waals surface area contributed by atoms with Gasteiger partial charge in [0, 0.05) is 12.8 Å². The Bertz CT molecular complexity index is 389. The molecule has 0 heterocycles. The first-order valence-corrected chi connectivity index (χ1v) is 6.21. The van der Waals surface area contributed by atoms with Crippen molar-refractivity contribution in [2.45, 2.75) is 32.2 Å². The first kappa shape index (κ1) is 12.1. The summed E-state index contributed by atoms with van der Waals surface area (Å²) in [5.41, 5.74) is 1.96. The predicted molar refractivity (Wildman–Crippen MR) is 66.9 cm³/mol. The van der Waals surface area contributed by atoms with Gasteiger partial charge in [-0.15, -0.1) is 0 Å². The molecule has 0 aromatic heterocycles. The van der Waals surface area contributed by atoms with Crippen molar-refractivity contribution in [2.75, 3.05) is 13.2 Å². The average molecular weight is 233 g/mol. The topological polar surface area (TPSA) is 38.3 Å². The van der Waals surface area contributed by atoms with E-state index in [1.54, 1.807) is 0 Å². The van der Waals surface area contributed by atoms with E-state index in [-0.39, 0.29) is 5.97 Å². The zero-order valence-electron chi connectivity index (χ0n) is 10.5. The normalized spacial score (nSPS) is 16.6. The minimum absolute atomic E-state index is 0.127. The standard InChI is InChI=1S/C14H19NO2/c1-3-15-14(13(16)17-4-2)9-11-7-5-6-8-12(11)10-14/h5-8,15H,3-4,9-10H2,1-2H3. The van der Waals surface area contributed by atoms with Crippen molar-refractivity contribution in [1.29, 1.82) is 0 Å². The summed E-state index contributed by atoms with van der Waals surface area (Å²) in [6.07, 6.45) is 1.46. The van der Waals surface area contributed by atoms with E-state index in [1.807, 2.05) is 26.0 Å². The molecular weight excluding hydrogens is 214 g/mol. The van der Waals surface area contributed by atoms with Crippen LogP contribution in [0.4, 0.5) is 0 Å². The second-order valence-corrected chi connectivity index (χ2v) is 4.46. The minimum Gasteiger partial charge on any atom is -0.465 e. The number of ether oxygens (including phenoxy) is 1. The van der Waals surface area contributed by atoms with Crippen molar-refractivity contribution in [3.8, 4) is 0 Å². The van der Waals surface area contributed by atoms with Crippen LogP contribution in [0.2, 0.25) is 0 Å². The molecule has 1 N–H and O–H groups in total. The number of fused-ring (bicyclic) bond motifs is 1. The van der Waals surface area contributed by atoms with E-state index in [4.69, 9.17) is 4.74 Å². The first-order valence-electron chi connectivity index (χ1n) is 6.21. The highest BCUT2D eigenvalue weighted by Gasteiger charge is 2.44. The van der Waals surface area contributed by atoms with Gasteiger partial charge in [0.05, 0.1) is 6.61 Å². The van der Waals surface area contributed by atoms with Crippen molar-refractivity contribution >= 4 is 5.97 Å². The quantitative estimate of drug-likeness (QED) is 0.804. The number of hydrogen-bond donors (Lipinski definition) is 1. The molecule has 0 bridgehead atoms. The molecule has 3 heteroatoms. The second-order valence-electron chi connectivity index (χ2n) is 4.46. The molecule has 0 radical (unpaired) electrons. The van der Waals surface area contributed by atoms with Crippen molar-refractivity contribution in [3.05, 3.63) is 35.4 Å². The van der Waals surface area contributed by atoms with Crippen LogP contribution in [0.5, 0.6) is 0 Å². The van der Waals surface area contributed by atoms with E-state index in [0.29, 0.717) is 6.61 Å². The highest BCUT2D eigenvalue weighted by molar-refractivity contribution is 5.83. The fourth-order valence-corrected chi connectivity index (χ4v) is 2.56. The van der Waals surface area contributed by atoms with Crippen LogP contribution in [0.25, 0.3) is 0 Å². The Kier molecular flexibility index (Phi) is 3.48. The molecule has 1 aromatic rings. The van der Waals surface area contributed by atoms with Gasteiger partial charge in [0.2, 0.25) is 0 Å². The summed E-state index contributed by atoms with van der Waals surface area (Å²) in [7, 11) is 0. The molecule has 0 fully saturated rings. The maximum Gasteiger partial charge on any atom is 0.327 e. The summed E-state index contributed by atoms with van der Waals surface area (Å²) >= 11 is 0. The Labute approximate surface area is 102 Å². The lowest BCUT2D eigenvalue weighted by Gasteiger charge is -2.27. The molecule has 92 valence electrons. The maximum absolute atomic E-state index is 12.1. The van der Waals surface area contributed by atoms with E-state index in [1.165, 1.54) is 11.1 Å². The molecule has 0 amide bonds. The molecule has 0 aliphatic heterocycles. The van der Waals surface area contributed by atoms with E-state index < -0.39 is 5.54 Å². The number of benzene rings is 1. The van der Waals surface area contributed by atoms with Gasteiger partial charge in [-0.05, 0) is 24.6 Å². The summed E-state index contributed by atoms with van der Waals surface area (Å²) in [5.74, 6) is -0.127. The fourth-order valence-electron chi connectivity index (χ4n) is 2.56. The van der Waals surface area contributed by atoms with Crippen molar-refractivity contribution in [1.82, 2.24) is 5.32 Å². The van der Waals surface area contributed by atoms with Crippen LogP contribution < -0.4 is 5.32 Å². The van der Waals surface area contributed by atoms with Crippen molar-refractivity contribution in [3.63, 3.8) is 0 Å². The highest BCUT2D eigenvalue weighted by atomic mass is 16.5. The first-order chi connectivity index (χ1) is 8.22. The molecule has 0 saturated heterocycles. The Morgan fingerprint density at radius 2 is 1.88 bits per heavy atom. The third kappa shape index (κ3) is 2.20. The summed E-state index contributed by atoms with van der Waals surface area (Å²) < 4.78 is 5.21. The SMILES string of the molecule is CCNC1(C(=O)OCC)Cc2ccccc2C1. The van der Waals surface area contributed by atoms with Crippen LogP contribution in [0, 0.1) is 0 Å². The van der Waals surface area contributed by atoms with Crippen LogP contribution >= 0.6 is 0 Å². The molecule has 0 saturated carbocycles. The summed E-state index contributed by atoms with van der Waals surface area (Å²) in [5, 5.41) is 3.31. The van der Waals surface area contributed by atoms with Gasteiger partial charge in [-0.2, -0.15) is 0 Å². The smallest absolute Gasteiger partial charge is 0.327 e. The van der Waals surface area contributed by atoms with E-state index in [0.717, 1.165) is 19.4 Å². The average Bonchev–Trinajstić information content (AvgIpc) is 2.69. The third-order valence-corrected chi connectivity index (χ3v) is 3.28. The Morgan fingerprint density at radius 3 is 2.35 bits per heavy atom. The van der Waals surface area contributed by atoms with Gasteiger partial charge in [-0.25, -0.2) is 0 Å². The van der Waals surface area contributed by atoms with Gasteiger partial charge in [-0.1, -0.05) is 31.2 Å². The number of hydrogen-bond acceptors (Lipinski definition) is 3. The third-order valence-electron chi connectivity index (χ3n) is 3.28. The van der Waals surface area contributed by atoms with Crippen LogP contribution in [0.1, 0.15) is 25.0 Å². The van der Waals surface area contributed by atoms with Gasteiger partial charge in [0.15, 0.2) is 0 Å². The largest absolute Gasteiger partial charge is 0.465 e. The van der Waals surface area contributed by atoms with Crippen LogP contribution in [0.15, 0.2) is 24.3 Å². The molecule has 0 spiro atoms. The van der Waals surface area contributed by atoms with Gasteiger partial charge in [-0.3, -0.25) is 4.79 Å². The Morgan fingerprint density at radius 1 is 1.29 bits per heavy atom. The number of esters is 1.